The Labute approximate surface area is 124 Å². The second-order valence-electron chi connectivity index (χ2n) is 5.02. The molecule has 5 nitrogen and oxygen atoms in total. The Kier molecular flexibility index (Phi) is 6.04. The summed E-state index contributed by atoms with van der Waals surface area (Å²) in [7, 11) is 0. The van der Waals surface area contributed by atoms with Gasteiger partial charge in [-0.3, -0.25) is 4.90 Å². The summed E-state index contributed by atoms with van der Waals surface area (Å²) >= 11 is 0. The van der Waals surface area contributed by atoms with Gasteiger partial charge in [0.1, 0.15) is 11.5 Å². The molecule has 0 aliphatic rings. The van der Waals surface area contributed by atoms with Gasteiger partial charge < -0.3 is 19.0 Å². The van der Waals surface area contributed by atoms with E-state index in [4.69, 9.17) is 8.83 Å². The van der Waals surface area contributed by atoms with Crippen molar-refractivity contribution in [3.05, 3.63) is 48.3 Å². The van der Waals surface area contributed by atoms with Gasteiger partial charge >= 0.3 is 0 Å². The molecule has 2 N–H and O–H groups in total. The van der Waals surface area contributed by atoms with Crippen LogP contribution in [0.4, 0.5) is 0 Å². The van der Waals surface area contributed by atoms with Crippen molar-refractivity contribution >= 4 is 0 Å². The maximum absolute atomic E-state index is 9.80. The molecular formula is C16H23NO4. The van der Waals surface area contributed by atoms with Crippen molar-refractivity contribution in [3.8, 4) is 0 Å². The van der Waals surface area contributed by atoms with E-state index in [0.29, 0.717) is 11.5 Å². The van der Waals surface area contributed by atoms with E-state index in [0.717, 1.165) is 19.4 Å². The number of aliphatic hydroxyl groups is 2. The van der Waals surface area contributed by atoms with Gasteiger partial charge in [0.05, 0.1) is 37.8 Å². The lowest BCUT2D eigenvalue weighted by molar-refractivity contribution is 0.0301. The van der Waals surface area contributed by atoms with Gasteiger partial charge in [0.25, 0.3) is 0 Å². The number of aliphatic hydroxyl groups excluding tert-OH is 2. The monoisotopic (exact) mass is 293 g/mol. The van der Waals surface area contributed by atoms with Gasteiger partial charge in [-0.15, -0.1) is 0 Å². The van der Waals surface area contributed by atoms with Crippen molar-refractivity contribution in [3.63, 3.8) is 0 Å². The van der Waals surface area contributed by atoms with E-state index in [-0.39, 0.29) is 25.3 Å². The van der Waals surface area contributed by atoms with Crippen LogP contribution in [0.3, 0.4) is 0 Å². The number of hydrogen-bond donors (Lipinski definition) is 2. The van der Waals surface area contributed by atoms with E-state index in [1.165, 1.54) is 0 Å². The Morgan fingerprint density at radius 1 is 1.00 bits per heavy atom. The Balaban J connectivity index is 2.27. The second kappa shape index (κ2) is 8.02. The fourth-order valence-electron chi connectivity index (χ4n) is 2.55. The summed E-state index contributed by atoms with van der Waals surface area (Å²) in [5.41, 5.74) is 0. The predicted octanol–water partition coefficient (Wildman–Crippen LogP) is 2.74. The normalized spacial score (nSPS) is 14.5. The second-order valence-corrected chi connectivity index (χ2v) is 5.02. The molecule has 0 aromatic carbocycles. The molecule has 2 atom stereocenters. The highest BCUT2D eigenvalue weighted by Crippen LogP contribution is 2.31. The lowest BCUT2D eigenvalue weighted by Crippen LogP contribution is -2.37. The van der Waals surface area contributed by atoms with Gasteiger partial charge in [0, 0.05) is 0 Å². The Morgan fingerprint density at radius 2 is 1.52 bits per heavy atom. The first-order valence-corrected chi connectivity index (χ1v) is 7.36. The largest absolute Gasteiger partial charge is 0.468 e. The zero-order chi connectivity index (χ0) is 15.1. The number of hydrogen-bond acceptors (Lipinski definition) is 5. The summed E-state index contributed by atoms with van der Waals surface area (Å²) in [6.45, 7) is 2.71. The molecule has 0 spiro atoms. The molecule has 0 saturated heterocycles. The lowest BCUT2D eigenvalue weighted by atomic mass is 10.1. The standard InChI is InChI=1S/C16H23NO4/c1-2-3-8-17(13(11-18)15-6-4-9-20-15)14(12-19)16-7-5-10-21-16/h4-7,9-10,13-14,18-19H,2-3,8,11-12H2,1H3. The first-order chi connectivity index (χ1) is 10.3. The van der Waals surface area contributed by atoms with Crippen LogP contribution < -0.4 is 0 Å². The first-order valence-electron chi connectivity index (χ1n) is 7.36. The van der Waals surface area contributed by atoms with Crippen molar-refractivity contribution in [2.24, 2.45) is 0 Å². The SMILES string of the molecule is CCCCN(C(CO)c1ccco1)C(CO)c1ccco1. The number of nitrogens with zero attached hydrogens (tertiary/aromatic N) is 1. The van der Waals surface area contributed by atoms with E-state index >= 15 is 0 Å². The average molecular weight is 293 g/mol. The summed E-state index contributed by atoms with van der Waals surface area (Å²) in [5.74, 6) is 1.39. The zero-order valence-corrected chi connectivity index (χ0v) is 12.3. The van der Waals surface area contributed by atoms with Gasteiger partial charge in [-0.2, -0.15) is 0 Å². The van der Waals surface area contributed by atoms with Crippen LogP contribution in [0.2, 0.25) is 0 Å². The minimum Gasteiger partial charge on any atom is -0.468 e. The maximum atomic E-state index is 9.80. The summed E-state index contributed by atoms with van der Waals surface area (Å²) in [4.78, 5) is 2.04. The van der Waals surface area contributed by atoms with E-state index in [2.05, 4.69) is 6.92 Å². The molecule has 0 saturated carbocycles. The Bertz CT molecular complexity index is 438. The van der Waals surface area contributed by atoms with Crippen LogP contribution in [0.1, 0.15) is 43.4 Å². The van der Waals surface area contributed by atoms with E-state index in [1.807, 2.05) is 17.0 Å². The zero-order valence-electron chi connectivity index (χ0n) is 12.3. The fraction of sp³-hybridized carbons (Fsp3) is 0.500. The molecule has 2 rings (SSSR count). The quantitative estimate of drug-likeness (QED) is 0.744. The van der Waals surface area contributed by atoms with Crippen LogP contribution in [0.25, 0.3) is 0 Å². The minimum absolute atomic E-state index is 0.0750. The third-order valence-electron chi connectivity index (χ3n) is 3.66. The predicted molar refractivity (Wildman–Crippen MR) is 78.7 cm³/mol. The van der Waals surface area contributed by atoms with Gasteiger partial charge in [0.2, 0.25) is 0 Å². The highest BCUT2D eigenvalue weighted by atomic mass is 16.3. The van der Waals surface area contributed by atoms with Crippen LogP contribution >= 0.6 is 0 Å². The summed E-state index contributed by atoms with van der Waals surface area (Å²) in [6.07, 6.45) is 5.19. The van der Waals surface area contributed by atoms with Crippen LogP contribution in [0.15, 0.2) is 45.6 Å². The van der Waals surface area contributed by atoms with E-state index in [9.17, 15) is 10.2 Å². The topological polar surface area (TPSA) is 70.0 Å². The van der Waals surface area contributed by atoms with Crippen LogP contribution in [-0.4, -0.2) is 34.9 Å². The smallest absolute Gasteiger partial charge is 0.123 e. The summed E-state index contributed by atoms with van der Waals surface area (Å²) in [5, 5.41) is 19.6. The van der Waals surface area contributed by atoms with Gasteiger partial charge in [-0.1, -0.05) is 13.3 Å². The highest BCUT2D eigenvalue weighted by Gasteiger charge is 2.30. The molecule has 5 heteroatoms. The molecule has 2 aromatic heterocycles. The average Bonchev–Trinajstić information content (AvgIpc) is 3.19. The third kappa shape index (κ3) is 3.75. The van der Waals surface area contributed by atoms with Gasteiger partial charge in [0.15, 0.2) is 0 Å². The molecule has 2 aromatic rings. The number of unbranched alkanes of at least 4 members (excludes halogenated alkanes) is 1. The molecule has 2 unspecified atom stereocenters. The molecule has 21 heavy (non-hydrogen) atoms. The van der Waals surface area contributed by atoms with Crippen molar-refractivity contribution in [1.29, 1.82) is 0 Å². The molecule has 116 valence electrons. The van der Waals surface area contributed by atoms with Crippen molar-refractivity contribution in [1.82, 2.24) is 4.90 Å². The summed E-state index contributed by atoms with van der Waals surface area (Å²) in [6, 6.07) is 6.70. The van der Waals surface area contributed by atoms with E-state index in [1.54, 1.807) is 24.7 Å². The Hall–Kier alpha value is -1.56. The molecule has 2 heterocycles. The first kappa shape index (κ1) is 15.8. The van der Waals surface area contributed by atoms with Crippen molar-refractivity contribution in [2.45, 2.75) is 31.8 Å². The van der Waals surface area contributed by atoms with Crippen molar-refractivity contribution < 1.29 is 19.0 Å². The molecular weight excluding hydrogens is 270 g/mol. The van der Waals surface area contributed by atoms with Crippen molar-refractivity contribution in [2.75, 3.05) is 19.8 Å². The van der Waals surface area contributed by atoms with E-state index < -0.39 is 0 Å². The highest BCUT2D eigenvalue weighted by molar-refractivity contribution is 5.10. The molecule has 0 amide bonds. The van der Waals surface area contributed by atoms with Crippen LogP contribution in [0, 0.1) is 0 Å². The fourth-order valence-corrected chi connectivity index (χ4v) is 2.55. The van der Waals surface area contributed by atoms with Crippen LogP contribution in [-0.2, 0) is 0 Å². The molecule has 0 fully saturated rings. The molecule has 0 radical (unpaired) electrons. The molecule has 0 bridgehead atoms. The maximum Gasteiger partial charge on any atom is 0.123 e. The molecule has 0 aliphatic carbocycles. The number of rotatable bonds is 9. The Morgan fingerprint density at radius 3 is 1.86 bits per heavy atom. The minimum atomic E-state index is -0.297. The van der Waals surface area contributed by atoms with Gasteiger partial charge in [-0.05, 0) is 37.2 Å². The summed E-state index contributed by atoms with van der Waals surface area (Å²) < 4.78 is 10.9. The molecule has 0 aliphatic heterocycles. The number of furan rings is 2. The van der Waals surface area contributed by atoms with Gasteiger partial charge in [-0.25, -0.2) is 0 Å². The lowest BCUT2D eigenvalue weighted by Gasteiger charge is -2.34. The van der Waals surface area contributed by atoms with Crippen LogP contribution in [0.5, 0.6) is 0 Å². The third-order valence-corrected chi connectivity index (χ3v) is 3.66.